The number of halogens is 1. The molecule has 1 aromatic heterocycles. The molecule has 0 atom stereocenters. The van der Waals surface area contributed by atoms with Crippen LogP contribution in [0.4, 0.5) is 4.39 Å². The molecular weight excluding hydrogens is 285 g/mol. The van der Waals surface area contributed by atoms with E-state index in [1.807, 2.05) is 6.92 Å². The molecule has 5 nitrogen and oxygen atoms in total. The van der Waals surface area contributed by atoms with E-state index in [4.69, 9.17) is 4.74 Å². The van der Waals surface area contributed by atoms with Gasteiger partial charge in [-0.15, -0.1) is 0 Å². The van der Waals surface area contributed by atoms with Crippen molar-refractivity contribution in [3.05, 3.63) is 47.5 Å². The second-order valence-electron chi connectivity index (χ2n) is 5.15. The van der Waals surface area contributed by atoms with Gasteiger partial charge in [-0.2, -0.15) is 5.10 Å². The topological polar surface area (TPSA) is 47.4 Å². The molecule has 6 heteroatoms. The number of hydrogen-bond donors (Lipinski definition) is 0. The second-order valence-corrected chi connectivity index (χ2v) is 5.15. The van der Waals surface area contributed by atoms with Gasteiger partial charge in [0.05, 0.1) is 36.4 Å². The molecule has 1 saturated heterocycles. The van der Waals surface area contributed by atoms with Crippen LogP contribution < -0.4 is 0 Å². The highest BCUT2D eigenvalue weighted by Crippen LogP contribution is 2.18. The van der Waals surface area contributed by atoms with Crippen LogP contribution in [0.5, 0.6) is 0 Å². The minimum absolute atomic E-state index is 0.0391. The largest absolute Gasteiger partial charge is 0.378 e. The highest BCUT2D eigenvalue weighted by molar-refractivity contribution is 5.95. The summed E-state index contributed by atoms with van der Waals surface area (Å²) in [5, 5.41) is 4.29. The minimum Gasteiger partial charge on any atom is -0.378 e. The van der Waals surface area contributed by atoms with Crippen molar-refractivity contribution in [2.45, 2.75) is 13.3 Å². The first kappa shape index (κ1) is 14.7. The molecular formula is C16H18FN3O2. The third-order valence-electron chi connectivity index (χ3n) is 3.79. The van der Waals surface area contributed by atoms with Gasteiger partial charge in [0.2, 0.25) is 0 Å². The first-order valence-corrected chi connectivity index (χ1v) is 7.40. The van der Waals surface area contributed by atoms with Gasteiger partial charge >= 0.3 is 0 Å². The van der Waals surface area contributed by atoms with Gasteiger partial charge in [-0.25, -0.2) is 9.07 Å². The molecule has 3 rings (SSSR count). The summed E-state index contributed by atoms with van der Waals surface area (Å²) >= 11 is 0. The number of carbonyl (C=O) groups excluding carboxylic acids is 1. The van der Waals surface area contributed by atoms with Crippen LogP contribution in [0.2, 0.25) is 0 Å². The minimum atomic E-state index is -0.323. The highest BCUT2D eigenvalue weighted by Gasteiger charge is 2.23. The molecule has 0 aliphatic carbocycles. The predicted octanol–water partition coefficient (Wildman–Crippen LogP) is 2.05. The van der Waals surface area contributed by atoms with E-state index in [0.29, 0.717) is 44.0 Å². The molecule has 22 heavy (non-hydrogen) atoms. The Bertz CT molecular complexity index is 678. The quantitative estimate of drug-likeness (QED) is 0.872. The monoisotopic (exact) mass is 303 g/mol. The van der Waals surface area contributed by atoms with Crippen molar-refractivity contribution >= 4 is 5.91 Å². The molecule has 0 saturated carbocycles. The van der Waals surface area contributed by atoms with E-state index in [0.717, 1.165) is 5.69 Å². The van der Waals surface area contributed by atoms with Crippen LogP contribution >= 0.6 is 0 Å². The van der Waals surface area contributed by atoms with Crippen LogP contribution in [0, 0.1) is 5.82 Å². The number of ether oxygens (including phenoxy) is 1. The Hall–Kier alpha value is -2.21. The average Bonchev–Trinajstić information content (AvgIpc) is 2.99. The standard InChI is InChI=1S/C16H18FN3O2/c1-2-15-14(16(21)19-6-8-22-9-7-19)11-18-20(15)13-5-3-4-12(17)10-13/h3-5,10-11H,2,6-9H2,1H3. The van der Waals surface area contributed by atoms with Gasteiger partial charge in [-0.1, -0.05) is 13.0 Å². The van der Waals surface area contributed by atoms with Crippen molar-refractivity contribution in [3.8, 4) is 5.69 Å². The van der Waals surface area contributed by atoms with Crippen molar-refractivity contribution in [2.75, 3.05) is 26.3 Å². The maximum atomic E-state index is 13.4. The van der Waals surface area contributed by atoms with E-state index >= 15 is 0 Å². The Morgan fingerprint density at radius 1 is 1.36 bits per heavy atom. The smallest absolute Gasteiger partial charge is 0.257 e. The van der Waals surface area contributed by atoms with Crippen molar-refractivity contribution in [3.63, 3.8) is 0 Å². The first-order valence-electron chi connectivity index (χ1n) is 7.40. The SMILES string of the molecule is CCc1c(C(=O)N2CCOCC2)cnn1-c1cccc(F)c1. The number of aromatic nitrogens is 2. The number of carbonyl (C=O) groups is 1. The van der Waals surface area contributed by atoms with Crippen LogP contribution in [0.15, 0.2) is 30.5 Å². The molecule has 1 fully saturated rings. The van der Waals surface area contributed by atoms with E-state index in [-0.39, 0.29) is 11.7 Å². The number of nitrogens with zero attached hydrogens (tertiary/aromatic N) is 3. The molecule has 0 N–H and O–H groups in total. The third kappa shape index (κ3) is 2.74. The Morgan fingerprint density at radius 3 is 2.82 bits per heavy atom. The Morgan fingerprint density at radius 2 is 2.14 bits per heavy atom. The van der Waals surface area contributed by atoms with E-state index in [2.05, 4.69) is 5.10 Å². The fourth-order valence-electron chi connectivity index (χ4n) is 2.66. The van der Waals surface area contributed by atoms with Gasteiger partial charge in [-0.3, -0.25) is 4.79 Å². The fraction of sp³-hybridized carbons (Fsp3) is 0.375. The lowest BCUT2D eigenvalue weighted by Crippen LogP contribution is -2.40. The van der Waals surface area contributed by atoms with E-state index in [1.54, 1.807) is 27.9 Å². The van der Waals surface area contributed by atoms with Gasteiger partial charge < -0.3 is 9.64 Å². The molecule has 1 aromatic carbocycles. The average molecular weight is 303 g/mol. The Kier molecular flexibility index (Phi) is 4.20. The summed E-state index contributed by atoms with van der Waals surface area (Å²) < 4.78 is 20.3. The zero-order valence-corrected chi connectivity index (χ0v) is 12.5. The van der Waals surface area contributed by atoms with Crippen LogP contribution in [-0.4, -0.2) is 46.9 Å². The normalized spacial score (nSPS) is 15.1. The predicted molar refractivity (Wildman–Crippen MR) is 79.6 cm³/mol. The van der Waals surface area contributed by atoms with Crippen LogP contribution in [0.25, 0.3) is 5.69 Å². The van der Waals surface area contributed by atoms with Gasteiger partial charge in [0.15, 0.2) is 0 Å². The summed E-state index contributed by atoms with van der Waals surface area (Å²) in [7, 11) is 0. The molecule has 0 spiro atoms. The molecule has 1 aliphatic rings. The summed E-state index contributed by atoms with van der Waals surface area (Å²) in [6.07, 6.45) is 2.21. The zero-order chi connectivity index (χ0) is 15.5. The van der Waals surface area contributed by atoms with Gasteiger partial charge in [0.1, 0.15) is 5.82 Å². The molecule has 0 unspecified atom stereocenters. The fourth-order valence-corrected chi connectivity index (χ4v) is 2.66. The summed E-state index contributed by atoms with van der Waals surface area (Å²) in [5.41, 5.74) is 1.99. The Labute approximate surface area is 128 Å². The van der Waals surface area contributed by atoms with Gasteiger partial charge in [0, 0.05) is 13.1 Å². The molecule has 0 radical (unpaired) electrons. The third-order valence-corrected chi connectivity index (χ3v) is 3.79. The number of hydrogen-bond acceptors (Lipinski definition) is 3. The van der Waals surface area contributed by atoms with Crippen molar-refractivity contribution < 1.29 is 13.9 Å². The van der Waals surface area contributed by atoms with Crippen LogP contribution in [0.1, 0.15) is 23.0 Å². The molecule has 1 aliphatic heterocycles. The lowest BCUT2D eigenvalue weighted by molar-refractivity contribution is 0.0302. The van der Waals surface area contributed by atoms with Crippen LogP contribution in [-0.2, 0) is 11.2 Å². The molecule has 2 heterocycles. The van der Waals surface area contributed by atoms with Gasteiger partial charge in [0.25, 0.3) is 5.91 Å². The van der Waals surface area contributed by atoms with Crippen molar-refractivity contribution in [2.24, 2.45) is 0 Å². The van der Waals surface area contributed by atoms with E-state index < -0.39 is 0 Å². The van der Waals surface area contributed by atoms with Crippen molar-refractivity contribution in [1.82, 2.24) is 14.7 Å². The van der Waals surface area contributed by atoms with Crippen molar-refractivity contribution in [1.29, 1.82) is 0 Å². The number of amides is 1. The summed E-state index contributed by atoms with van der Waals surface area (Å²) in [4.78, 5) is 14.4. The highest BCUT2D eigenvalue weighted by atomic mass is 19.1. The lowest BCUT2D eigenvalue weighted by Gasteiger charge is -2.26. The maximum absolute atomic E-state index is 13.4. The summed E-state index contributed by atoms with van der Waals surface area (Å²) in [5.74, 6) is -0.362. The number of benzene rings is 1. The van der Waals surface area contributed by atoms with Gasteiger partial charge in [-0.05, 0) is 24.6 Å². The summed E-state index contributed by atoms with van der Waals surface area (Å²) in [6.45, 7) is 4.26. The Balaban J connectivity index is 1.95. The molecule has 2 aromatic rings. The number of rotatable bonds is 3. The molecule has 116 valence electrons. The van der Waals surface area contributed by atoms with E-state index in [9.17, 15) is 9.18 Å². The first-order chi connectivity index (χ1) is 10.7. The molecule has 1 amide bonds. The zero-order valence-electron chi connectivity index (χ0n) is 12.5. The molecule has 0 bridgehead atoms. The number of morpholine rings is 1. The van der Waals surface area contributed by atoms with E-state index in [1.165, 1.54) is 12.1 Å². The van der Waals surface area contributed by atoms with Crippen LogP contribution in [0.3, 0.4) is 0 Å². The lowest BCUT2D eigenvalue weighted by atomic mass is 10.1. The maximum Gasteiger partial charge on any atom is 0.257 e. The second kappa shape index (κ2) is 6.27. The summed E-state index contributed by atoms with van der Waals surface area (Å²) in [6, 6.07) is 6.21.